The van der Waals surface area contributed by atoms with E-state index >= 15 is 0 Å². The van der Waals surface area contributed by atoms with E-state index in [0.29, 0.717) is 19.3 Å². The van der Waals surface area contributed by atoms with Gasteiger partial charge in [-0.25, -0.2) is 0 Å². The van der Waals surface area contributed by atoms with Gasteiger partial charge >= 0.3 is 0 Å². The zero-order valence-electron chi connectivity index (χ0n) is 10.4. The number of nitrogens with one attached hydrogen (secondary N) is 1. The van der Waals surface area contributed by atoms with Crippen molar-refractivity contribution in [3.8, 4) is 0 Å². The van der Waals surface area contributed by atoms with Crippen LogP contribution in [0.3, 0.4) is 0 Å². The van der Waals surface area contributed by atoms with Gasteiger partial charge in [-0.3, -0.25) is 4.79 Å². The standard InChI is InChI=1S/C12H24N2O2/c1-9(2)11(13)12(15)14-7-8-16-10-5-3-4-6-10/h9-11H,3-8,13H2,1-2H3,(H,14,15). The summed E-state index contributed by atoms with van der Waals surface area (Å²) in [6.45, 7) is 5.05. The molecule has 1 aliphatic carbocycles. The number of nitrogens with two attached hydrogens (primary N) is 1. The molecule has 4 nitrogen and oxygen atoms in total. The van der Waals surface area contributed by atoms with Gasteiger partial charge < -0.3 is 15.8 Å². The molecule has 0 spiro atoms. The molecule has 16 heavy (non-hydrogen) atoms. The second-order valence-electron chi connectivity index (χ2n) is 4.84. The van der Waals surface area contributed by atoms with Crippen LogP contribution in [-0.4, -0.2) is 31.2 Å². The Balaban J connectivity index is 2.03. The fourth-order valence-corrected chi connectivity index (χ4v) is 1.88. The number of ether oxygens (including phenoxy) is 1. The first kappa shape index (κ1) is 13.5. The van der Waals surface area contributed by atoms with Crippen LogP contribution >= 0.6 is 0 Å². The Morgan fingerprint density at radius 1 is 1.44 bits per heavy atom. The normalized spacial score (nSPS) is 19.0. The van der Waals surface area contributed by atoms with E-state index in [-0.39, 0.29) is 11.8 Å². The van der Waals surface area contributed by atoms with Crippen LogP contribution in [0.25, 0.3) is 0 Å². The molecule has 0 aliphatic heterocycles. The zero-order valence-corrected chi connectivity index (χ0v) is 10.4. The minimum atomic E-state index is -0.411. The number of amides is 1. The van der Waals surface area contributed by atoms with E-state index in [9.17, 15) is 4.79 Å². The Labute approximate surface area is 97.9 Å². The lowest BCUT2D eigenvalue weighted by molar-refractivity contribution is -0.123. The van der Waals surface area contributed by atoms with Crippen LogP contribution < -0.4 is 11.1 Å². The van der Waals surface area contributed by atoms with Crippen molar-refractivity contribution in [1.82, 2.24) is 5.32 Å². The zero-order chi connectivity index (χ0) is 12.0. The van der Waals surface area contributed by atoms with Gasteiger partial charge in [0.1, 0.15) is 0 Å². The highest BCUT2D eigenvalue weighted by molar-refractivity contribution is 5.81. The van der Waals surface area contributed by atoms with Crippen molar-refractivity contribution in [2.24, 2.45) is 11.7 Å². The molecule has 0 bridgehead atoms. The van der Waals surface area contributed by atoms with Gasteiger partial charge in [-0.05, 0) is 18.8 Å². The summed E-state index contributed by atoms with van der Waals surface area (Å²) >= 11 is 0. The summed E-state index contributed by atoms with van der Waals surface area (Å²) in [5, 5.41) is 2.80. The molecule has 1 aliphatic rings. The Bertz CT molecular complexity index is 213. The summed E-state index contributed by atoms with van der Waals surface area (Å²) in [7, 11) is 0. The Kier molecular flexibility index (Phi) is 5.77. The smallest absolute Gasteiger partial charge is 0.237 e. The van der Waals surface area contributed by atoms with E-state index < -0.39 is 6.04 Å². The molecule has 4 heteroatoms. The molecule has 3 N–H and O–H groups in total. The van der Waals surface area contributed by atoms with Crippen LogP contribution in [0.2, 0.25) is 0 Å². The molecule has 0 aromatic heterocycles. The predicted octanol–water partition coefficient (Wildman–Crippen LogP) is 1.05. The Morgan fingerprint density at radius 2 is 2.06 bits per heavy atom. The lowest BCUT2D eigenvalue weighted by atomic mass is 10.1. The van der Waals surface area contributed by atoms with Crippen LogP contribution in [0.4, 0.5) is 0 Å². The first-order valence-corrected chi connectivity index (χ1v) is 6.26. The Morgan fingerprint density at radius 3 is 2.62 bits per heavy atom. The van der Waals surface area contributed by atoms with Crippen molar-refractivity contribution in [2.45, 2.75) is 51.7 Å². The highest BCUT2D eigenvalue weighted by atomic mass is 16.5. The number of hydrogen-bond acceptors (Lipinski definition) is 3. The maximum absolute atomic E-state index is 11.5. The molecule has 0 saturated heterocycles. The third kappa shape index (κ3) is 4.49. The quantitative estimate of drug-likeness (QED) is 0.668. The molecule has 0 aromatic rings. The molecule has 1 rings (SSSR count). The minimum Gasteiger partial charge on any atom is -0.376 e. The molecule has 1 fully saturated rings. The average molecular weight is 228 g/mol. The largest absolute Gasteiger partial charge is 0.376 e. The molecule has 1 atom stereocenters. The molecule has 1 saturated carbocycles. The van der Waals surface area contributed by atoms with E-state index in [1.807, 2.05) is 13.8 Å². The second-order valence-corrected chi connectivity index (χ2v) is 4.84. The van der Waals surface area contributed by atoms with Gasteiger partial charge in [0, 0.05) is 6.54 Å². The monoisotopic (exact) mass is 228 g/mol. The lowest BCUT2D eigenvalue weighted by Crippen LogP contribution is -2.45. The van der Waals surface area contributed by atoms with Crippen molar-refractivity contribution in [1.29, 1.82) is 0 Å². The topological polar surface area (TPSA) is 64.4 Å². The van der Waals surface area contributed by atoms with Gasteiger partial charge in [0.25, 0.3) is 0 Å². The summed E-state index contributed by atoms with van der Waals surface area (Å²) in [5.41, 5.74) is 5.71. The summed E-state index contributed by atoms with van der Waals surface area (Å²) < 4.78 is 5.64. The number of rotatable bonds is 6. The molecular formula is C12H24N2O2. The van der Waals surface area contributed by atoms with Crippen LogP contribution in [-0.2, 0) is 9.53 Å². The molecule has 0 radical (unpaired) electrons. The van der Waals surface area contributed by atoms with E-state index in [4.69, 9.17) is 10.5 Å². The maximum atomic E-state index is 11.5. The number of hydrogen-bond donors (Lipinski definition) is 2. The fraction of sp³-hybridized carbons (Fsp3) is 0.917. The van der Waals surface area contributed by atoms with Crippen molar-refractivity contribution in [3.05, 3.63) is 0 Å². The van der Waals surface area contributed by atoms with Gasteiger partial charge in [0.15, 0.2) is 0 Å². The maximum Gasteiger partial charge on any atom is 0.237 e. The van der Waals surface area contributed by atoms with E-state index in [0.717, 1.165) is 0 Å². The van der Waals surface area contributed by atoms with Crippen LogP contribution in [0.5, 0.6) is 0 Å². The number of carbonyl (C=O) groups is 1. The number of carbonyl (C=O) groups excluding carboxylic acids is 1. The van der Waals surface area contributed by atoms with Crippen LogP contribution in [0.1, 0.15) is 39.5 Å². The first-order valence-electron chi connectivity index (χ1n) is 6.26. The predicted molar refractivity (Wildman–Crippen MR) is 64.0 cm³/mol. The van der Waals surface area contributed by atoms with E-state index in [1.165, 1.54) is 25.7 Å². The van der Waals surface area contributed by atoms with Crippen molar-refractivity contribution in [3.63, 3.8) is 0 Å². The third-order valence-electron chi connectivity index (χ3n) is 3.08. The van der Waals surface area contributed by atoms with E-state index in [1.54, 1.807) is 0 Å². The van der Waals surface area contributed by atoms with Crippen LogP contribution in [0, 0.1) is 5.92 Å². The van der Waals surface area contributed by atoms with Crippen molar-refractivity contribution in [2.75, 3.05) is 13.2 Å². The SMILES string of the molecule is CC(C)C(N)C(=O)NCCOC1CCCC1. The van der Waals surface area contributed by atoms with Gasteiger partial charge in [-0.1, -0.05) is 26.7 Å². The van der Waals surface area contributed by atoms with Gasteiger partial charge in [-0.2, -0.15) is 0 Å². The van der Waals surface area contributed by atoms with Gasteiger partial charge in [0.2, 0.25) is 5.91 Å². The highest BCUT2D eigenvalue weighted by Gasteiger charge is 2.17. The van der Waals surface area contributed by atoms with Crippen molar-refractivity contribution < 1.29 is 9.53 Å². The van der Waals surface area contributed by atoms with Crippen molar-refractivity contribution >= 4 is 5.91 Å². The third-order valence-corrected chi connectivity index (χ3v) is 3.08. The molecule has 0 heterocycles. The summed E-state index contributed by atoms with van der Waals surface area (Å²) in [5.74, 6) is 0.0979. The summed E-state index contributed by atoms with van der Waals surface area (Å²) in [6.07, 6.45) is 5.29. The average Bonchev–Trinajstić information content (AvgIpc) is 2.75. The lowest BCUT2D eigenvalue weighted by Gasteiger charge is -2.16. The fourth-order valence-electron chi connectivity index (χ4n) is 1.88. The minimum absolute atomic E-state index is 0.0787. The van der Waals surface area contributed by atoms with Crippen LogP contribution in [0.15, 0.2) is 0 Å². The Hall–Kier alpha value is -0.610. The second kappa shape index (κ2) is 6.86. The molecule has 1 unspecified atom stereocenters. The van der Waals surface area contributed by atoms with Gasteiger partial charge in [0.05, 0.1) is 18.8 Å². The summed E-state index contributed by atoms with van der Waals surface area (Å²) in [4.78, 5) is 11.5. The molecule has 0 aromatic carbocycles. The molecular weight excluding hydrogens is 204 g/mol. The molecule has 1 amide bonds. The molecule has 94 valence electrons. The highest BCUT2D eigenvalue weighted by Crippen LogP contribution is 2.20. The first-order chi connectivity index (χ1) is 7.61. The van der Waals surface area contributed by atoms with Gasteiger partial charge in [-0.15, -0.1) is 0 Å². The van der Waals surface area contributed by atoms with E-state index in [2.05, 4.69) is 5.32 Å². The summed E-state index contributed by atoms with van der Waals surface area (Å²) in [6, 6.07) is -0.411.